The fraction of sp³-hybridized carbons (Fsp3) is 0.269. The Morgan fingerprint density at radius 1 is 1.03 bits per heavy atom. The zero-order valence-corrected chi connectivity index (χ0v) is 21.7. The lowest BCUT2D eigenvalue weighted by molar-refractivity contribution is 0.630. The summed E-state index contributed by atoms with van der Waals surface area (Å²) in [6.07, 6.45) is 1.42. The summed E-state index contributed by atoms with van der Waals surface area (Å²) in [4.78, 5) is 41.0. The van der Waals surface area contributed by atoms with Crippen LogP contribution in [0.1, 0.15) is 30.0 Å². The van der Waals surface area contributed by atoms with E-state index in [2.05, 4.69) is 14.8 Å². The molecule has 2 aromatic heterocycles. The fourth-order valence-corrected chi connectivity index (χ4v) is 4.87. The highest BCUT2D eigenvalue weighted by atomic mass is 32.2. The molecule has 1 saturated carbocycles. The highest BCUT2D eigenvalue weighted by molar-refractivity contribution is 7.98. The molecule has 192 valence electrons. The van der Waals surface area contributed by atoms with Gasteiger partial charge in [-0.15, -0.1) is 0 Å². The van der Waals surface area contributed by atoms with E-state index in [1.165, 1.54) is 38.9 Å². The third-order valence-corrected chi connectivity index (χ3v) is 7.05. The van der Waals surface area contributed by atoms with Crippen LogP contribution in [0, 0.1) is 19.7 Å². The number of benzene rings is 2. The summed E-state index contributed by atoms with van der Waals surface area (Å²) in [6.45, 7) is 3.37. The zero-order valence-electron chi connectivity index (χ0n) is 20.9. The van der Waals surface area contributed by atoms with Crippen molar-refractivity contribution in [3.8, 4) is 5.69 Å². The smallest absolute Gasteiger partial charge is 0.336 e. The minimum absolute atomic E-state index is 0.121. The topological polar surface area (TPSA) is 102 Å². The van der Waals surface area contributed by atoms with Gasteiger partial charge in [-0.2, -0.15) is 0 Å². The van der Waals surface area contributed by atoms with E-state index in [0.29, 0.717) is 18.5 Å². The van der Waals surface area contributed by atoms with Crippen LogP contribution in [0.5, 0.6) is 0 Å². The minimum atomic E-state index is -0.516. The van der Waals surface area contributed by atoms with Crippen molar-refractivity contribution in [2.75, 3.05) is 17.1 Å². The van der Waals surface area contributed by atoms with Crippen LogP contribution in [0.2, 0.25) is 0 Å². The first-order valence-corrected chi connectivity index (χ1v) is 12.7. The van der Waals surface area contributed by atoms with E-state index in [1.807, 2.05) is 6.07 Å². The van der Waals surface area contributed by atoms with Gasteiger partial charge in [0.25, 0.3) is 11.1 Å². The third-order valence-electron chi connectivity index (χ3n) is 6.51. The number of hydrogen-bond acceptors (Lipinski definition) is 7. The number of aromatic nitrogens is 3. The number of aryl methyl sites for hydroxylation is 2. The summed E-state index contributed by atoms with van der Waals surface area (Å²) in [5.41, 5.74) is 1.10. The number of nitrogens with zero attached hydrogens (tertiary/aromatic N) is 3. The highest BCUT2D eigenvalue weighted by Gasteiger charge is 2.31. The first-order chi connectivity index (χ1) is 17.7. The number of nitrogens with one attached hydrogen (secondary N) is 3. The Labute approximate surface area is 216 Å². The van der Waals surface area contributed by atoms with Crippen molar-refractivity contribution in [1.29, 1.82) is 0 Å². The van der Waals surface area contributed by atoms with E-state index in [9.17, 15) is 18.8 Å². The largest absolute Gasteiger partial charge is 0.338 e. The van der Waals surface area contributed by atoms with Crippen LogP contribution in [-0.4, -0.2) is 20.7 Å². The lowest BCUT2D eigenvalue weighted by Gasteiger charge is -2.21. The van der Waals surface area contributed by atoms with E-state index >= 15 is 0 Å². The van der Waals surface area contributed by atoms with Crippen LogP contribution in [0.4, 0.5) is 21.6 Å². The fourth-order valence-electron chi connectivity index (χ4n) is 4.52. The number of rotatable bonds is 7. The Kier molecular flexibility index (Phi) is 6.42. The van der Waals surface area contributed by atoms with Crippen molar-refractivity contribution in [1.82, 2.24) is 18.4 Å². The Morgan fingerprint density at radius 2 is 1.78 bits per heavy atom. The van der Waals surface area contributed by atoms with Crippen molar-refractivity contribution < 1.29 is 4.39 Å². The van der Waals surface area contributed by atoms with Crippen LogP contribution >= 0.6 is 12.1 Å². The second kappa shape index (κ2) is 9.56. The molecular weight excluding hydrogens is 495 g/mol. The van der Waals surface area contributed by atoms with E-state index in [0.717, 1.165) is 11.3 Å². The maximum atomic E-state index is 14.8. The predicted molar refractivity (Wildman–Crippen MR) is 147 cm³/mol. The molecule has 0 unspecified atom stereocenters. The molecule has 5 rings (SSSR count). The van der Waals surface area contributed by atoms with Crippen molar-refractivity contribution in [3.05, 3.63) is 90.6 Å². The Balaban J connectivity index is 1.88. The first kappa shape index (κ1) is 24.8. The summed E-state index contributed by atoms with van der Waals surface area (Å²) in [7, 11) is 3.30. The molecule has 37 heavy (non-hydrogen) atoms. The molecular formula is C26H27FN6O3S. The average molecular weight is 523 g/mol. The average Bonchev–Trinajstić information content (AvgIpc) is 3.70. The second-order valence-electron chi connectivity index (χ2n) is 9.15. The molecule has 2 heterocycles. The molecule has 1 aliphatic rings. The molecule has 0 radical (unpaired) electrons. The number of pyridine rings is 1. The second-order valence-corrected chi connectivity index (χ2v) is 9.97. The van der Waals surface area contributed by atoms with Gasteiger partial charge in [0.1, 0.15) is 17.0 Å². The lowest BCUT2D eigenvalue weighted by atomic mass is 10.1. The quantitative estimate of drug-likeness (QED) is 0.317. The molecule has 1 aliphatic carbocycles. The van der Waals surface area contributed by atoms with Gasteiger partial charge in [-0.25, -0.2) is 13.9 Å². The molecule has 0 spiro atoms. The zero-order chi connectivity index (χ0) is 26.4. The Hall–Kier alpha value is -3.83. The summed E-state index contributed by atoms with van der Waals surface area (Å²) in [6, 6.07) is 11.6. The van der Waals surface area contributed by atoms with Crippen LogP contribution in [0.3, 0.4) is 0 Å². The van der Waals surface area contributed by atoms with Gasteiger partial charge in [-0.05, 0) is 69.6 Å². The number of halogens is 1. The SMILES string of the molecule is CNSNc1cccc(-n2c(=O)n(C3CC3)c(=O)c3c(Nc4ccc(C)cc4F)n(C)c(=O)c(C)c32)c1. The van der Waals surface area contributed by atoms with Crippen molar-refractivity contribution in [2.45, 2.75) is 32.7 Å². The summed E-state index contributed by atoms with van der Waals surface area (Å²) in [5, 5.41) is 3.13. The van der Waals surface area contributed by atoms with Gasteiger partial charge in [-0.3, -0.25) is 23.3 Å². The number of anilines is 3. The molecule has 0 saturated heterocycles. The number of fused-ring (bicyclic) bond motifs is 1. The summed E-state index contributed by atoms with van der Waals surface area (Å²) in [5.74, 6) is -0.389. The molecule has 0 bridgehead atoms. The summed E-state index contributed by atoms with van der Waals surface area (Å²) < 4.78 is 24.8. The van der Waals surface area contributed by atoms with Crippen molar-refractivity contribution in [2.24, 2.45) is 7.05 Å². The maximum Gasteiger partial charge on any atom is 0.336 e. The van der Waals surface area contributed by atoms with Crippen molar-refractivity contribution >= 4 is 40.2 Å². The Morgan fingerprint density at radius 3 is 2.46 bits per heavy atom. The van der Waals surface area contributed by atoms with E-state index in [-0.39, 0.29) is 34.0 Å². The maximum absolute atomic E-state index is 14.8. The first-order valence-electron chi connectivity index (χ1n) is 11.9. The van der Waals surface area contributed by atoms with E-state index < -0.39 is 22.6 Å². The molecule has 9 nitrogen and oxygen atoms in total. The normalized spacial score (nSPS) is 13.2. The number of hydrogen-bond donors (Lipinski definition) is 3. The highest BCUT2D eigenvalue weighted by Crippen LogP contribution is 2.34. The van der Waals surface area contributed by atoms with Gasteiger partial charge in [0.2, 0.25) is 0 Å². The van der Waals surface area contributed by atoms with Crippen molar-refractivity contribution in [3.63, 3.8) is 0 Å². The van der Waals surface area contributed by atoms with Gasteiger partial charge in [-0.1, -0.05) is 12.1 Å². The third kappa shape index (κ3) is 4.34. The summed E-state index contributed by atoms with van der Waals surface area (Å²) >= 11 is 1.27. The molecule has 0 atom stereocenters. The lowest BCUT2D eigenvalue weighted by Crippen LogP contribution is -2.41. The Bertz CT molecular complexity index is 1720. The van der Waals surface area contributed by atoms with Crippen LogP contribution in [0.25, 0.3) is 16.6 Å². The van der Waals surface area contributed by atoms with Gasteiger partial charge < -0.3 is 10.0 Å². The van der Waals surface area contributed by atoms with E-state index in [4.69, 9.17) is 0 Å². The van der Waals surface area contributed by atoms with Crippen LogP contribution in [-0.2, 0) is 7.05 Å². The molecule has 0 amide bonds. The minimum Gasteiger partial charge on any atom is -0.338 e. The molecule has 1 fully saturated rings. The standard InChI is InChI=1S/C26H27FN6O3S/c1-14-8-11-20(19(27)12-14)29-23-21-22(15(2)24(34)31(23)4)32(26(36)33(25(21)35)17-9-10-17)18-7-5-6-16(13-18)30-37-28-3/h5-8,11-13,17,28-30H,9-10H2,1-4H3. The van der Waals surface area contributed by atoms with Gasteiger partial charge in [0.05, 0.1) is 16.9 Å². The van der Waals surface area contributed by atoms with Crippen LogP contribution < -0.4 is 31.6 Å². The van der Waals surface area contributed by atoms with Gasteiger partial charge >= 0.3 is 5.69 Å². The van der Waals surface area contributed by atoms with E-state index in [1.54, 1.807) is 51.2 Å². The molecule has 3 N–H and O–H groups in total. The van der Waals surface area contributed by atoms with Crippen LogP contribution in [0.15, 0.2) is 56.8 Å². The van der Waals surface area contributed by atoms with Gasteiger partial charge in [0, 0.05) is 36.5 Å². The molecule has 2 aromatic carbocycles. The van der Waals surface area contributed by atoms with Gasteiger partial charge in [0.15, 0.2) is 0 Å². The molecule has 4 aromatic rings. The monoisotopic (exact) mass is 522 g/mol. The molecule has 0 aliphatic heterocycles. The molecule has 11 heteroatoms. The predicted octanol–water partition coefficient (Wildman–Crippen LogP) is 3.88.